The van der Waals surface area contributed by atoms with Crippen molar-refractivity contribution < 1.29 is 19.4 Å². The van der Waals surface area contributed by atoms with E-state index in [1.54, 1.807) is 0 Å². The molecule has 0 aliphatic carbocycles. The second-order valence-corrected chi connectivity index (χ2v) is 7.84. The van der Waals surface area contributed by atoms with Crippen LogP contribution in [0.25, 0.3) is 15.8 Å². The first kappa shape index (κ1) is 27.4. The van der Waals surface area contributed by atoms with Gasteiger partial charge >= 0.3 is 5.97 Å². The zero-order chi connectivity index (χ0) is 24.4. The van der Waals surface area contributed by atoms with Crippen LogP contribution >= 0.6 is 39.1 Å². The molecule has 0 spiro atoms. The minimum absolute atomic E-state index is 0.199. The van der Waals surface area contributed by atoms with E-state index in [0.29, 0.717) is 34.3 Å². The summed E-state index contributed by atoms with van der Waals surface area (Å²) in [6.45, 7) is 18.7. The quantitative estimate of drug-likeness (QED) is 0.267. The van der Waals surface area contributed by atoms with Crippen molar-refractivity contribution in [1.29, 1.82) is 0 Å². The van der Waals surface area contributed by atoms with Crippen molar-refractivity contribution in [1.82, 2.24) is 0 Å². The van der Waals surface area contributed by atoms with Crippen molar-refractivity contribution in [3.63, 3.8) is 0 Å². The third-order valence-corrected chi connectivity index (χ3v) is 5.39. The lowest BCUT2D eigenvalue weighted by Gasteiger charge is -2.20. The number of alkyl halides is 1. The number of carbonyl (C=O) groups is 1. The Morgan fingerprint density at radius 2 is 1.81 bits per heavy atom. The van der Waals surface area contributed by atoms with Crippen molar-refractivity contribution in [2.45, 2.75) is 25.5 Å². The number of aliphatic carboxylic acids is 1. The summed E-state index contributed by atoms with van der Waals surface area (Å²) in [7, 11) is 0. The Balaban J connectivity index is 0.000000343. The summed E-state index contributed by atoms with van der Waals surface area (Å²) in [5, 5.41) is 22.2. The van der Waals surface area contributed by atoms with Gasteiger partial charge in [-0.15, -0.1) is 0 Å². The molecule has 0 saturated carbocycles. The molecule has 0 aromatic heterocycles. The average molecular weight is 543 g/mol. The van der Waals surface area contributed by atoms with Gasteiger partial charge in [0.2, 0.25) is 11.4 Å². The molecular weight excluding hydrogens is 524 g/mol. The fraction of sp³-hybridized carbons (Fsp3) is 0.227. The van der Waals surface area contributed by atoms with Gasteiger partial charge in [-0.05, 0) is 31.0 Å². The molecule has 10 heteroatoms. The zero-order valence-electron chi connectivity index (χ0n) is 16.9. The van der Waals surface area contributed by atoms with Gasteiger partial charge in [0, 0.05) is 16.6 Å². The van der Waals surface area contributed by atoms with Gasteiger partial charge in [0.25, 0.3) is 0 Å². The molecule has 3 N–H and O–H groups in total. The van der Waals surface area contributed by atoms with E-state index < -0.39 is 18.1 Å². The monoisotopic (exact) mass is 541 g/mol. The molecule has 0 aliphatic rings. The standard InChI is InChI=1S/C13H13ClN2O3.C9H6BrClFN/c1-4-8-9(5-6-10(15-3)11(8)14)16-12(7(2)17)13(18)19;1-13-8-3-2-7(12)6(4-5-10)9(8)11/h4-7,12,16-17H,1H2,2H3,(H,18,19);2-3H,4-5H2/t7-,12+;/m0./s1. The first-order valence-corrected chi connectivity index (χ1v) is 10.9. The fourth-order valence-corrected chi connectivity index (χ4v) is 3.52. The molecule has 0 fully saturated rings. The van der Waals surface area contributed by atoms with Crippen LogP contribution < -0.4 is 5.32 Å². The Kier molecular flexibility index (Phi) is 11.2. The lowest BCUT2D eigenvalue weighted by Crippen LogP contribution is -2.39. The van der Waals surface area contributed by atoms with Crippen LogP contribution in [0.15, 0.2) is 30.8 Å². The van der Waals surface area contributed by atoms with E-state index in [0.717, 1.165) is 0 Å². The van der Waals surface area contributed by atoms with E-state index in [9.17, 15) is 14.3 Å². The number of nitrogens with zero attached hydrogens (tertiary/aromatic N) is 2. The Morgan fingerprint density at radius 1 is 1.25 bits per heavy atom. The number of carboxylic acid groups (broad SMARTS) is 1. The van der Waals surface area contributed by atoms with Crippen LogP contribution in [0.4, 0.5) is 21.5 Å². The summed E-state index contributed by atoms with van der Waals surface area (Å²) in [6.07, 6.45) is 0.836. The Hall–Kier alpha value is -2.62. The number of benzene rings is 2. The largest absolute Gasteiger partial charge is 0.480 e. The summed E-state index contributed by atoms with van der Waals surface area (Å²) in [5.41, 5.74) is 1.81. The number of anilines is 1. The van der Waals surface area contributed by atoms with Gasteiger partial charge in [-0.1, -0.05) is 63.9 Å². The first-order valence-electron chi connectivity index (χ1n) is 9.02. The number of carboxylic acids is 1. The minimum atomic E-state index is -1.18. The van der Waals surface area contributed by atoms with Gasteiger partial charge < -0.3 is 15.5 Å². The zero-order valence-corrected chi connectivity index (χ0v) is 20.0. The third kappa shape index (κ3) is 6.94. The van der Waals surface area contributed by atoms with Gasteiger partial charge in [-0.3, -0.25) is 0 Å². The average Bonchev–Trinajstić information content (AvgIpc) is 2.75. The molecule has 168 valence electrons. The number of hydrogen-bond acceptors (Lipinski definition) is 3. The molecule has 2 rings (SSSR count). The maximum Gasteiger partial charge on any atom is 0.328 e. The molecule has 2 aromatic carbocycles. The molecule has 0 radical (unpaired) electrons. The van der Waals surface area contributed by atoms with Crippen molar-refractivity contribution in [3.8, 4) is 0 Å². The third-order valence-electron chi connectivity index (χ3n) is 4.17. The van der Waals surface area contributed by atoms with Gasteiger partial charge in [0.05, 0.1) is 29.3 Å². The van der Waals surface area contributed by atoms with E-state index in [2.05, 4.69) is 37.5 Å². The van der Waals surface area contributed by atoms with Crippen LogP contribution in [0.1, 0.15) is 18.1 Å². The maximum atomic E-state index is 13.1. The maximum absolute atomic E-state index is 13.1. The number of halogens is 4. The predicted molar refractivity (Wildman–Crippen MR) is 130 cm³/mol. The van der Waals surface area contributed by atoms with Crippen LogP contribution in [-0.4, -0.2) is 33.7 Å². The van der Waals surface area contributed by atoms with Crippen molar-refractivity contribution in [2.75, 3.05) is 10.6 Å². The topological polar surface area (TPSA) is 78.3 Å². The molecule has 0 saturated heterocycles. The highest BCUT2D eigenvalue weighted by Gasteiger charge is 2.24. The molecule has 2 aromatic rings. The minimum Gasteiger partial charge on any atom is -0.480 e. The highest BCUT2D eigenvalue weighted by atomic mass is 79.9. The van der Waals surface area contributed by atoms with Crippen molar-refractivity contribution in [3.05, 3.63) is 80.7 Å². The normalized spacial score (nSPS) is 11.8. The second kappa shape index (κ2) is 13.0. The lowest BCUT2D eigenvalue weighted by molar-refractivity contribution is -0.140. The van der Waals surface area contributed by atoms with Crippen LogP contribution in [0, 0.1) is 19.0 Å². The highest BCUT2D eigenvalue weighted by molar-refractivity contribution is 9.09. The van der Waals surface area contributed by atoms with Crippen LogP contribution in [0.3, 0.4) is 0 Å². The van der Waals surface area contributed by atoms with E-state index in [4.69, 9.17) is 41.5 Å². The summed E-state index contributed by atoms with van der Waals surface area (Å²) < 4.78 is 13.1. The highest BCUT2D eigenvalue weighted by Crippen LogP contribution is 2.35. The smallest absolute Gasteiger partial charge is 0.328 e. The van der Waals surface area contributed by atoms with Gasteiger partial charge in [0.1, 0.15) is 5.82 Å². The summed E-state index contributed by atoms with van der Waals surface area (Å²) in [4.78, 5) is 17.5. The first-order chi connectivity index (χ1) is 15.1. The molecule has 0 heterocycles. The number of hydrogen-bond donors (Lipinski definition) is 3. The van der Waals surface area contributed by atoms with E-state index in [1.807, 2.05) is 0 Å². The molecule has 0 amide bonds. The van der Waals surface area contributed by atoms with E-state index in [1.165, 1.54) is 37.3 Å². The summed E-state index contributed by atoms with van der Waals surface area (Å²) in [6, 6.07) is 4.51. The van der Waals surface area contributed by atoms with E-state index in [-0.39, 0.29) is 21.5 Å². The molecule has 0 bridgehead atoms. The Labute approximate surface area is 204 Å². The Bertz CT molecular complexity index is 1080. The predicted octanol–water partition coefficient (Wildman–Crippen LogP) is 6.75. The van der Waals surface area contributed by atoms with Gasteiger partial charge in [-0.25, -0.2) is 18.9 Å². The molecular formula is C22H19BrCl2FN3O3. The van der Waals surface area contributed by atoms with Crippen LogP contribution in [0.5, 0.6) is 0 Å². The molecule has 0 aliphatic heterocycles. The fourth-order valence-electron chi connectivity index (χ4n) is 2.54. The molecule has 6 nitrogen and oxygen atoms in total. The van der Waals surface area contributed by atoms with Gasteiger partial charge in [0.15, 0.2) is 6.04 Å². The second-order valence-electron chi connectivity index (χ2n) is 6.29. The van der Waals surface area contributed by atoms with Crippen molar-refractivity contribution >= 4 is 68.2 Å². The lowest BCUT2D eigenvalue weighted by atomic mass is 10.1. The molecule has 2 atom stereocenters. The van der Waals surface area contributed by atoms with Crippen molar-refractivity contribution in [2.24, 2.45) is 0 Å². The van der Waals surface area contributed by atoms with Gasteiger partial charge in [-0.2, -0.15) is 0 Å². The molecule has 32 heavy (non-hydrogen) atoms. The van der Waals surface area contributed by atoms with Crippen LogP contribution in [0.2, 0.25) is 10.0 Å². The number of aliphatic hydroxyl groups is 1. The SMILES string of the molecule is [C-]#[N+]c1ccc(F)c(CCBr)c1Cl.[C-]#[N+]c1ccc(N[C@@H](C(=O)O)[C@H](C)O)c(C=C)c1Cl. The number of nitrogens with one attached hydrogen (secondary N) is 1. The van der Waals surface area contributed by atoms with Crippen LogP contribution in [-0.2, 0) is 11.2 Å². The Morgan fingerprint density at radius 3 is 2.28 bits per heavy atom. The summed E-state index contributed by atoms with van der Waals surface area (Å²) >= 11 is 15.0. The number of rotatable bonds is 7. The van der Waals surface area contributed by atoms with E-state index >= 15 is 0 Å². The molecule has 0 unspecified atom stereocenters. The summed E-state index contributed by atoms with van der Waals surface area (Å²) in [5.74, 6) is -1.53. The number of aliphatic hydroxyl groups excluding tert-OH is 1.